The molecule has 3 aromatic rings. The molecule has 1 aromatic carbocycles. The minimum Gasteiger partial charge on any atom is -0.312 e. The molecular weight excluding hydrogens is 228 g/mol. The van der Waals surface area contributed by atoms with E-state index < -0.39 is 4.92 Å². The number of hydrogen-bond acceptors (Lipinski definition) is 6. The number of nitro benzene ring substituents is 1. The zero-order valence-electron chi connectivity index (χ0n) is 8.22. The zero-order chi connectivity index (χ0) is 11.8. The lowest BCUT2D eigenvalue weighted by Gasteiger charge is -1.93. The Morgan fingerprint density at radius 3 is 2.94 bits per heavy atom. The van der Waals surface area contributed by atoms with Gasteiger partial charge in [0.05, 0.1) is 4.92 Å². The molecule has 0 aliphatic heterocycles. The first-order chi connectivity index (χ1) is 8.25. The summed E-state index contributed by atoms with van der Waals surface area (Å²) in [6.07, 6.45) is 0. The van der Waals surface area contributed by atoms with Gasteiger partial charge in [0.25, 0.3) is 0 Å². The van der Waals surface area contributed by atoms with Gasteiger partial charge in [-0.1, -0.05) is 27.5 Å². The first kappa shape index (κ1) is 9.39. The van der Waals surface area contributed by atoms with Crippen LogP contribution in [0.2, 0.25) is 0 Å². The minimum atomic E-state index is -0.505. The van der Waals surface area contributed by atoms with Gasteiger partial charge in [-0.25, -0.2) is 0 Å². The second kappa shape index (κ2) is 3.33. The van der Waals surface area contributed by atoms with Gasteiger partial charge in [0.15, 0.2) is 0 Å². The summed E-state index contributed by atoms with van der Waals surface area (Å²) in [5.74, 6) is 0. The standard InChI is InChI=1S/C8H4N6O3/c15-14(16)6-4-2-1-3-5(6)13-9-7-8(10-13)12-17-11-7/h1-4H. The van der Waals surface area contributed by atoms with Gasteiger partial charge >= 0.3 is 11.4 Å². The molecule has 0 aliphatic rings. The van der Waals surface area contributed by atoms with Crippen molar-refractivity contribution < 1.29 is 14.3 Å². The molecule has 0 N–H and O–H groups in total. The number of nitro groups is 1. The van der Waals surface area contributed by atoms with Crippen LogP contribution in [-0.2, 0) is 0 Å². The van der Waals surface area contributed by atoms with Crippen molar-refractivity contribution in [1.82, 2.24) is 20.5 Å². The molecule has 84 valence electrons. The molecule has 0 aliphatic carbocycles. The summed E-state index contributed by atoms with van der Waals surface area (Å²) in [7, 11) is 0. The van der Waals surface area contributed by atoms with Crippen molar-refractivity contribution in [3.63, 3.8) is 0 Å². The molecule has 0 atom stereocenters. The highest BCUT2D eigenvalue weighted by atomic mass is 16.6. The van der Waals surface area contributed by atoms with Crippen LogP contribution < -0.4 is 9.90 Å². The molecule has 9 heteroatoms. The number of fused-ring (bicyclic) bond motifs is 1. The molecule has 17 heavy (non-hydrogen) atoms. The van der Waals surface area contributed by atoms with Gasteiger partial charge in [0, 0.05) is 12.1 Å². The van der Waals surface area contributed by atoms with E-state index in [9.17, 15) is 10.1 Å². The van der Waals surface area contributed by atoms with E-state index in [-0.39, 0.29) is 22.7 Å². The third-order valence-corrected chi connectivity index (χ3v) is 2.13. The predicted molar refractivity (Wildman–Crippen MR) is 51.1 cm³/mol. The number of aromatic nitrogens is 5. The first-order valence-corrected chi connectivity index (χ1v) is 4.55. The lowest BCUT2D eigenvalue weighted by molar-refractivity contribution is -0.718. The molecule has 2 aromatic heterocycles. The molecular formula is C8H4N6O3. The molecule has 0 unspecified atom stereocenters. The van der Waals surface area contributed by atoms with Crippen molar-refractivity contribution in [2.24, 2.45) is 0 Å². The second-order valence-electron chi connectivity index (χ2n) is 3.15. The number of benzene rings is 1. The van der Waals surface area contributed by atoms with Crippen LogP contribution in [0.4, 0.5) is 5.69 Å². The van der Waals surface area contributed by atoms with Crippen LogP contribution in [0.1, 0.15) is 0 Å². The van der Waals surface area contributed by atoms with Gasteiger partial charge in [-0.2, -0.15) is 5.16 Å². The van der Waals surface area contributed by atoms with E-state index >= 15 is 0 Å². The van der Waals surface area contributed by atoms with Gasteiger partial charge in [-0.3, -0.25) is 10.1 Å². The van der Waals surface area contributed by atoms with Crippen molar-refractivity contribution in [2.75, 3.05) is 0 Å². The van der Waals surface area contributed by atoms with E-state index in [0.29, 0.717) is 0 Å². The quantitative estimate of drug-likeness (QED) is 0.340. The van der Waals surface area contributed by atoms with Crippen LogP contribution in [-0.4, -0.2) is 20.3 Å². The van der Waals surface area contributed by atoms with Crippen molar-refractivity contribution in [3.8, 4) is 5.69 Å². The molecule has 2 heterocycles. The van der Waals surface area contributed by atoms with Gasteiger partial charge in [-0.15, -0.1) is 0 Å². The highest BCUT2D eigenvalue weighted by Crippen LogP contribution is 2.16. The van der Waals surface area contributed by atoms with Crippen LogP contribution in [0.25, 0.3) is 17.0 Å². The fourth-order valence-electron chi connectivity index (χ4n) is 1.40. The Morgan fingerprint density at radius 2 is 2.18 bits per heavy atom. The highest BCUT2D eigenvalue weighted by Gasteiger charge is 2.22. The molecule has 0 saturated heterocycles. The molecule has 0 bridgehead atoms. The third kappa shape index (κ3) is 1.40. The summed E-state index contributed by atoms with van der Waals surface area (Å²) in [6, 6.07) is 6.13. The van der Waals surface area contributed by atoms with Crippen molar-refractivity contribution in [2.45, 2.75) is 0 Å². The molecule has 0 spiro atoms. The predicted octanol–water partition coefficient (Wildman–Crippen LogP) is -0.240. The highest BCUT2D eigenvalue weighted by molar-refractivity contribution is 5.60. The smallest absolute Gasteiger partial charge is 0.312 e. The Morgan fingerprint density at radius 1 is 1.35 bits per heavy atom. The Kier molecular flexibility index (Phi) is 1.84. The lowest BCUT2D eigenvalue weighted by atomic mass is 10.3. The summed E-state index contributed by atoms with van der Waals surface area (Å²) in [5.41, 5.74) is 0.547. The Bertz CT molecular complexity index is 673. The Balaban J connectivity index is 2.21. The summed E-state index contributed by atoms with van der Waals surface area (Å²) < 4.78 is 4.40. The fourth-order valence-corrected chi connectivity index (χ4v) is 1.40. The van der Waals surface area contributed by atoms with Crippen LogP contribution in [0.5, 0.6) is 0 Å². The molecule has 0 fully saturated rings. The van der Waals surface area contributed by atoms with Gasteiger partial charge in [-0.05, 0) is 4.80 Å². The summed E-state index contributed by atoms with van der Waals surface area (Å²) in [5, 5.41) is 25.7. The third-order valence-electron chi connectivity index (χ3n) is 2.13. The molecule has 0 amide bonds. The number of para-hydroxylation sites is 2. The molecule has 0 saturated carbocycles. The summed E-state index contributed by atoms with van der Waals surface area (Å²) in [4.78, 5) is 11.4. The minimum absolute atomic E-state index is 0.0953. The first-order valence-electron chi connectivity index (χ1n) is 4.55. The maximum absolute atomic E-state index is 10.8. The number of rotatable bonds is 2. The van der Waals surface area contributed by atoms with Gasteiger partial charge in [0.2, 0.25) is 5.65 Å². The number of hydrogen-bond donors (Lipinski definition) is 0. The maximum atomic E-state index is 10.8. The van der Waals surface area contributed by atoms with Gasteiger partial charge < -0.3 is 4.63 Å². The fraction of sp³-hybridized carbons (Fsp3) is 0. The van der Waals surface area contributed by atoms with E-state index in [1.165, 1.54) is 12.1 Å². The average Bonchev–Trinajstić information content (AvgIpc) is 2.88. The van der Waals surface area contributed by atoms with E-state index in [1.54, 1.807) is 12.1 Å². The van der Waals surface area contributed by atoms with E-state index in [2.05, 4.69) is 25.1 Å². The van der Waals surface area contributed by atoms with Crippen molar-refractivity contribution in [1.29, 1.82) is 0 Å². The molecule has 9 nitrogen and oxygen atoms in total. The van der Waals surface area contributed by atoms with Crippen molar-refractivity contribution in [3.05, 3.63) is 34.4 Å². The maximum Gasteiger partial charge on any atom is 0.343 e. The second-order valence-corrected chi connectivity index (χ2v) is 3.15. The zero-order valence-corrected chi connectivity index (χ0v) is 8.22. The van der Waals surface area contributed by atoms with E-state index in [1.807, 2.05) is 0 Å². The number of nitrogens with zero attached hydrogens (tertiary/aromatic N) is 6. The van der Waals surface area contributed by atoms with Crippen LogP contribution in [0, 0.1) is 10.1 Å². The summed E-state index contributed by atoms with van der Waals surface area (Å²) in [6.45, 7) is 0. The normalized spacial score (nSPS) is 10.8. The lowest BCUT2D eigenvalue weighted by Crippen LogP contribution is -2.38. The SMILES string of the molecule is O=[N+]([O-])c1ccccc1-[n+]1nc2nonc2[n-]1. The van der Waals surface area contributed by atoms with Crippen LogP contribution in [0.3, 0.4) is 0 Å². The van der Waals surface area contributed by atoms with E-state index in [0.717, 1.165) is 4.80 Å². The largest absolute Gasteiger partial charge is 0.343 e. The van der Waals surface area contributed by atoms with Crippen LogP contribution in [0.15, 0.2) is 28.9 Å². The summed E-state index contributed by atoms with van der Waals surface area (Å²) >= 11 is 0. The molecule has 3 rings (SSSR count). The van der Waals surface area contributed by atoms with Gasteiger partial charge in [0.1, 0.15) is 5.65 Å². The Labute approximate surface area is 92.8 Å². The van der Waals surface area contributed by atoms with E-state index in [4.69, 9.17) is 0 Å². The average molecular weight is 232 g/mol. The van der Waals surface area contributed by atoms with Crippen LogP contribution >= 0.6 is 0 Å². The topological polar surface area (TPSA) is 113 Å². The molecule has 0 radical (unpaired) electrons. The Hall–Kier alpha value is -2.84. The van der Waals surface area contributed by atoms with Crippen molar-refractivity contribution >= 4 is 17.0 Å². The monoisotopic (exact) mass is 232 g/mol.